The van der Waals surface area contributed by atoms with Crippen LogP contribution in [0.5, 0.6) is 0 Å². The van der Waals surface area contributed by atoms with Gasteiger partial charge >= 0.3 is 12.1 Å². The van der Waals surface area contributed by atoms with Crippen molar-refractivity contribution >= 4 is 47.5 Å². The molecule has 0 aliphatic heterocycles. The van der Waals surface area contributed by atoms with Gasteiger partial charge in [-0.1, -0.05) is 58.0 Å². The van der Waals surface area contributed by atoms with Gasteiger partial charge in [0.05, 0.1) is 6.04 Å². The van der Waals surface area contributed by atoms with Gasteiger partial charge in [0.15, 0.2) is 5.11 Å². The second-order valence-corrected chi connectivity index (χ2v) is 10.8. The van der Waals surface area contributed by atoms with E-state index in [0.29, 0.717) is 19.3 Å². The number of nitrogens with zero attached hydrogens (tertiary/aromatic N) is 1. The zero-order valence-electron chi connectivity index (χ0n) is 24.1. The normalized spacial score (nSPS) is 13.2. The Kier molecular flexibility index (Phi) is 16.4. The molecule has 0 aliphatic carbocycles. The van der Waals surface area contributed by atoms with Gasteiger partial charge in [-0.05, 0) is 55.3 Å². The number of carbonyl (C=O) groups excluding carboxylic acids is 4. The Morgan fingerprint density at radius 2 is 1.56 bits per heavy atom. The highest BCUT2D eigenvalue weighted by Crippen LogP contribution is 2.10. The first-order chi connectivity index (χ1) is 19.4. The molecular weight excluding hydrogens is 548 g/mol. The van der Waals surface area contributed by atoms with Crippen molar-refractivity contribution in [1.82, 2.24) is 26.7 Å². The molecule has 41 heavy (non-hydrogen) atoms. The van der Waals surface area contributed by atoms with Crippen molar-refractivity contribution < 1.29 is 23.9 Å². The van der Waals surface area contributed by atoms with Crippen LogP contribution >= 0.6 is 12.2 Å². The predicted octanol–water partition coefficient (Wildman–Crippen LogP) is 1.61. The minimum absolute atomic E-state index is 0.00677. The molecule has 5 amide bonds. The van der Waals surface area contributed by atoms with Crippen molar-refractivity contribution in [3.8, 4) is 0 Å². The van der Waals surface area contributed by atoms with E-state index in [1.807, 2.05) is 45.9 Å². The number of primary amides is 1. The summed E-state index contributed by atoms with van der Waals surface area (Å²) >= 11 is 4.76. The van der Waals surface area contributed by atoms with Crippen LogP contribution in [-0.4, -0.2) is 59.9 Å². The zero-order chi connectivity index (χ0) is 30.8. The minimum atomic E-state index is -1.03. The molecule has 0 saturated carbocycles. The summed E-state index contributed by atoms with van der Waals surface area (Å²) in [5.41, 5.74) is 13.8. The van der Waals surface area contributed by atoms with Crippen LogP contribution in [0.1, 0.15) is 58.9 Å². The summed E-state index contributed by atoms with van der Waals surface area (Å²) in [6.45, 7) is 8.08. The van der Waals surface area contributed by atoms with Crippen LogP contribution < -0.4 is 38.2 Å². The van der Waals surface area contributed by atoms with E-state index in [9.17, 15) is 19.2 Å². The van der Waals surface area contributed by atoms with Gasteiger partial charge in [-0.25, -0.2) is 9.59 Å². The van der Waals surface area contributed by atoms with Gasteiger partial charge in [0, 0.05) is 12.8 Å². The van der Waals surface area contributed by atoms with Crippen molar-refractivity contribution in [1.29, 1.82) is 0 Å². The Balaban J connectivity index is 2.98. The monoisotopic (exact) mass is 592 g/mol. The standard InChI is InChI=1S/C27H44N8O5S/c1-17(2)13-20(15-31-35-26(29)41)32-24(37)22(14-18(3)4)33-23(36)21(11-8-12-30-25(28)38)34-27(39)40-16-19-9-6-5-7-10-19/h5-7,9-10,15,17-18,20-22H,8,11-14,16H2,1-4H3,(H,32,37)(H,33,36)(H,34,39)(H3,28,30,38)(H3,29,35,41)/b31-15+/t20-,21-,22-/m0/s1. The molecule has 0 aliphatic rings. The topological polar surface area (TPSA) is 202 Å². The van der Waals surface area contributed by atoms with Crippen LogP contribution in [0.3, 0.4) is 0 Å². The minimum Gasteiger partial charge on any atom is -0.445 e. The molecule has 9 N–H and O–H groups in total. The Morgan fingerprint density at radius 1 is 0.927 bits per heavy atom. The predicted molar refractivity (Wildman–Crippen MR) is 162 cm³/mol. The largest absolute Gasteiger partial charge is 0.445 e. The van der Waals surface area contributed by atoms with Gasteiger partial charge in [-0.15, -0.1) is 0 Å². The van der Waals surface area contributed by atoms with E-state index < -0.39 is 42.1 Å². The molecule has 0 heterocycles. The number of hydrogen-bond acceptors (Lipinski definition) is 7. The summed E-state index contributed by atoms with van der Waals surface area (Å²) in [4.78, 5) is 50.2. The fourth-order valence-electron chi connectivity index (χ4n) is 3.81. The molecule has 0 unspecified atom stereocenters. The average molecular weight is 593 g/mol. The molecule has 228 valence electrons. The molecule has 1 rings (SSSR count). The Morgan fingerprint density at radius 3 is 2.15 bits per heavy atom. The van der Waals surface area contributed by atoms with Gasteiger partial charge < -0.3 is 37.5 Å². The van der Waals surface area contributed by atoms with Crippen LogP contribution in [0.25, 0.3) is 0 Å². The molecule has 13 nitrogen and oxygen atoms in total. The Labute approximate surface area is 247 Å². The molecular formula is C27H44N8O5S. The van der Waals surface area contributed by atoms with E-state index in [4.69, 9.17) is 28.4 Å². The summed E-state index contributed by atoms with van der Waals surface area (Å²) in [5, 5.41) is 14.7. The third kappa shape index (κ3) is 16.7. The quantitative estimate of drug-likeness (QED) is 0.0611. The maximum Gasteiger partial charge on any atom is 0.408 e. The lowest BCUT2D eigenvalue weighted by atomic mass is 10.00. The third-order valence-electron chi connectivity index (χ3n) is 5.61. The smallest absolute Gasteiger partial charge is 0.408 e. The van der Waals surface area contributed by atoms with E-state index in [-0.39, 0.29) is 36.5 Å². The number of thiocarbonyl (C=S) groups is 1. The number of amides is 5. The first kappa shape index (κ1) is 35.1. The number of carbonyl (C=O) groups is 4. The molecule has 14 heteroatoms. The second-order valence-electron chi connectivity index (χ2n) is 10.4. The number of ether oxygens (including phenoxy) is 1. The number of nitrogens with two attached hydrogens (primary N) is 2. The van der Waals surface area contributed by atoms with Crippen LogP contribution in [0.2, 0.25) is 0 Å². The number of urea groups is 1. The summed E-state index contributed by atoms with van der Waals surface area (Å²) in [7, 11) is 0. The fraction of sp³-hybridized carbons (Fsp3) is 0.556. The van der Waals surface area contributed by atoms with Crippen LogP contribution in [0.4, 0.5) is 9.59 Å². The fourth-order valence-corrected chi connectivity index (χ4v) is 3.86. The SMILES string of the molecule is CC(C)C[C@@H](/C=N/NC(N)=S)NC(=O)[C@H](CC(C)C)NC(=O)[C@H](CCCNC(N)=O)NC(=O)OCc1ccccc1. The lowest BCUT2D eigenvalue weighted by molar-refractivity contribution is -0.130. The molecule has 0 saturated heterocycles. The highest BCUT2D eigenvalue weighted by Gasteiger charge is 2.28. The molecule has 0 spiro atoms. The Hall–Kier alpha value is -3.94. The van der Waals surface area contributed by atoms with Crippen molar-refractivity contribution in [2.45, 2.75) is 78.1 Å². The van der Waals surface area contributed by atoms with E-state index in [1.165, 1.54) is 6.21 Å². The lowest BCUT2D eigenvalue weighted by Crippen LogP contribution is -2.55. The van der Waals surface area contributed by atoms with Gasteiger partial charge in [0.1, 0.15) is 18.7 Å². The van der Waals surface area contributed by atoms with Crippen molar-refractivity contribution in [2.24, 2.45) is 28.4 Å². The summed E-state index contributed by atoms with van der Waals surface area (Å²) < 4.78 is 5.28. The molecule has 1 aromatic rings. The van der Waals surface area contributed by atoms with Crippen LogP contribution in [0, 0.1) is 11.8 Å². The number of hydrazone groups is 1. The molecule has 3 atom stereocenters. The molecule has 0 radical (unpaired) electrons. The van der Waals surface area contributed by atoms with Crippen molar-refractivity contribution in [2.75, 3.05) is 6.54 Å². The first-order valence-corrected chi connectivity index (χ1v) is 14.0. The lowest BCUT2D eigenvalue weighted by Gasteiger charge is -2.26. The van der Waals surface area contributed by atoms with E-state index in [0.717, 1.165) is 5.56 Å². The number of hydrogen-bond donors (Lipinski definition) is 7. The van der Waals surface area contributed by atoms with E-state index in [1.54, 1.807) is 12.1 Å². The zero-order valence-corrected chi connectivity index (χ0v) is 25.0. The number of alkyl carbamates (subject to hydrolysis) is 1. The summed E-state index contributed by atoms with van der Waals surface area (Å²) in [6, 6.07) is 6.03. The summed E-state index contributed by atoms with van der Waals surface area (Å²) in [5.74, 6) is -0.660. The summed E-state index contributed by atoms with van der Waals surface area (Å²) in [6.07, 6.45) is 2.15. The second kappa shape index (κ2) is 19.2. The van der Waals surface area contributed by atoms with Crippen molar-refractivity contribution in [3.05, 3.63) is 35.9 Å². The maximum atomic E-state index is 13.3. The average Bonchev–Trinajstić information content (AvgIpc) is 2.88. The van der Waals surface area contributed by atoms with Gasteiger partial charge in [0.2, 0.25) is 11.8 Å². The maximum absolute atomic E-state index is 13.3. The van der Waals surface area contributed by atoms with Crippen LogP contribution in [-0.2, 0) is 20.9 Å². The van der Waals surface area contributed by atoms with Gasteiger partial charge in [-0.2, -0.15) is 5.10 Å². The van der Waals surface area contributed by atoms with E-state index >= 15 is 0 Å². The highest BCUT2D eigenvalue weighted by molar-refractivity contribution is 7.80. The molecule has 1 aromatic carbocycles. The molecule has 0 fully saturated rings. The molecule has 0 bridgehead atoms. The molecule has 0 aromatic heterocycles. The number of nitrogens with one attached hydrogen (secondary N) is 5. The number of benzene rings is 1. The van der Waals surface area contributed by atoms with Crippen LogP contribution in [0.15, 0.2) is 35.4 Å². The van der Waals surface area contributed by atoms with Gasteiger partial charge in [-0.3, -0.25) is 15.0 Å². The van der Waals surface area contributed by atoms with E-state index in [2.05, 4.69) is 31.8 Å². The Bertz CT molecular complexity index is 1020. The number of rotatable bonds is 17. The highest BCUT2D eigenvalue weighted by atomic mass is 32.1. The van der Waals surface area contributed by atoms with Crippen molar-refractivity contribution in [3.63, 3.8) is 0 Å². The third-order valence-corrected chi connectivity index (χ3v) is 5.70. The van der Waals surface area contributed by atoms with Gasteiger partial charge in [0.25, 0.3) is 0 Å². The first-order valence-electron chi connectivity index (χ1n) is 13.6.